The molecule has 0 aliphatic carbocycles. The van der Waals surface area contributed by atoms with Crippen LogP contribution in [0.25, 0.3) is 0 Å². The number of hydrogen-bond acceptors (Lipinski definition) is 1. The lowest BCUT2D eigenvalue weighted by molar-refractivity contribution is 0.241. The molecular weight excluding hydrogens is 260 g/mol. The van der Waals surface area contributed by atoms with Crippen LogP contribution in [-0.4, -0.2) is 19.1 Å². The van der Waals surface area contributed by atoms with Gasteiger partial charge in [0.25, 0.3) is 0 Å². The van der Waals surface area contributed by atoms with Gasteiger partial charge < -0.3 is 10.6 Å². The van der Waals surface area contributed by atoms with Gasteiger partial charge in [-0.15, -0.1) is 0 Å². The summed E-state index contributed by atoms with van der Waals surface area (Å²) in [6.45, 7) is 3.21. The van der Waals surface area contributed by atoms with Gasteiger partial charge in [0, 0.05) is 19.0 Å². The van der Waals surface area contributed by atoms with E-state index in [4.69, 9.17) is 0 Å². The summed E-state index contributed by atoms with van der Waals surface area (Å²) < 4.78 is 0. The Morgan fingerprint density at radius 1 is 0.905 bits per heavy atom. The highest BCUT2D eigenvalue weighted by molar-refractivity contribution is 5.73. The maximum absolute atomic E-state index is 11.5. The zero-order valence-electron chi connectivity index (χ0n) is 12.4. The van der Waals surface area contributed by atoms with Crippen molar-refractivity contribution < 1.29 is 4.79 Å². The Labute approximate surface area is 126 Å². The number of amides is 2. The van der Waals surface area contributed by atoms with Gasteiger partial charge in [0.05, 0.1) is 0 Å². The highest BCUT2D eigenvalue weighted by atomic mass is 16.2. The molecule has 0 spiro atoms. The highest BCUT2D eigenvalue weighted by Gasteiger charge is 2.13. The second kappa shape index (κ2) is 8.10. The van der Waals surface area contributed by atoms with Crippen LogP contribution in [0.15, 0.2) is 60.7 Å². The van der Waals surface area contributed by atoms with Gasteiger partial charge in [-0.25, -0.2) is 4.79 Å². The monoisotopic (exact) mass is 282 g/mol. The first-order valence-electron chi connectivity index (χ1n) is 7.43. The molecule has 21 heavy (non-hydrogen) atoms. The molecule has 2 aromatic carbocycles. The van der Waals surface area contributed by atoms with Crippen LogP contribution in [0.1, 0.15) is 30.4 Å². The van der Waals surface area contributed by atoms with Gasteiger partial charge in [-0.1, -0.05) is 60.7 Å². The van der Waals surface area contributed by atoms with Crippen molar-refractivity contribution in [3.8, 4) is 0 Å². The molecule has 0 fully saturated rings. The van der Waals surface area contributed by atoms with E-state index in [0.717, 1.165) is 6.42 Å². The lowest BCUT2D eigenvalue weighted by Crippen LogP contribution is -2.36. The molecule has 0 radical (unpaired) electrons. The lowest BCUT2D eigenvalue weighted by atomic mass is 9.88. The minimum Gasteiger partial charge on any atom is -0.338 e. The highest BCUT2D eigenvalue weighted by Crippen LogP contribution is 2.27. The fourth-order valence-electron chi connectivity index (χ4n) is 2.45. The number of urea groups is 1. The molecular formula is C18H22N2O. The molecule has 0 saturated heterocycles. The molecule has 0 aromatic heterocycles. The number of rotatable bonds is 6. The van der Waals surface area contributed by atoms with Crippen LogP contribution in [0.5, 0.6) is 0 Å². The van der Waals surface area contributed by atoms with Gasteiger partial charge in [0.15, 0.2) is 0 Å². The number of benzene rings is 2. The third-order valence-electron chi connectivity index (χ3n) is 3.46. The Balaban J connectivity index is 2.05. The second-order valence-corrected chi connectivity index (χ2v) is 4.95. The summed E-state index contributed by atoms with van der Waals surface area (Å²) in [5.74, 6) is 0.300. The first kappa shape index (κ1) is 15.1. The molecule has 0 heterocycles. The maximum Gasteiger partial charge on any atom is 0.314 e. The quantitative estimate of drug-likeness (QED) is 0.836. The van der Waals surface area contributed by atoms with Crippen LogP contribution < -0.4 is 10.6 Å². The van der Waals surface area contributed by atoms with E-state index in [2.05, 4.69) is 59.2 Å². The molecule has 0 atom stereocenters. The topological polar surface area (TPSA) is 41.1 Å². The fourth-order valence-corrected chi connectivity index (χ4v) is 2.45. The van der Waals surface area contributed by atoms with Crippen molar-refractivity contribution in [3.05, 3.63) is 71.8 Å². The van der Waals surface area contributed by atoms with Crippen molar-refractivity contribution >= 4 is 6.03 Å². The maximum atomic E-state index is 11.5. The van der Waals surface area contributed by atoms with E-state index in [1.54, 1.807) is 0 Å². The van der Waals surface area contributed by atoms with E-state index in [9.17, 15) is 4.79 Å². The summed E-state index contributed by atoms with van der Waals surface area (Å²) in [4.78, 5) is 11.5. The summed E-state index contributed by atoms with van der Waals surface area (Å²) in [5.41, 5.74) is 2.56. The number of carbonyl (C=O) groups excluding carboxylic acids is 1. The normalized spacial score (nSPS) is 10.4. The molecule has 2 amide bonds. The first-order chi connectivity index (χ1) is 10.3. The predicted molar refractivity (Wildman–Crippen MR) is 86.4 cm³/mol. The molecule has 3 heteroatoms. The standard InChI is InChI=1S/C18H22N2O/c1-2-19-18(21)20-14-13-17(15-9-5-3-6-10-15)16-11-7-4-8-12-16/h3-12,17H,2,13-14H2,1H3,(H2,19,20,21). The van der Waals surface area contributed by atoms with Crippen LogP contribution in [0.4, 0.5) is 4.79 Å². The van der Waals surface area contributed by atoms with Crippen molar-refractivity contribution in [2.45, 2.75) is 19.3 Å². The van der Waals surface area contributed by atoms with Crippen molar-refractivity contribution in [3.63, 3.8) is 0 Å². The van der Waals surface area contributed by atoms with E-state index in [1.165, 1.54) is 11.1 Å². The number of nitrogens with one attached hydrogen (secondary N) is 2. The first-order valence-corrected chi connectivity index (χ1v) is 7.43. The van der Waals surface area contributed by atoms with E-state index in [0.29, 0.717) is 19.0 Å². The number of carbonyl (C=O) groups is 1. The Morgan fingerprint density at radius 2 is 1.43 bits per heavy atom. The summed E-state index contributed by atoms with van der Waals surface area (Å²) in [6, 6.07) is 20.8. The minimum absolute atomic E-state index is 0.0997. The average molecular weight is 282 g/mol. The van der Waals surface area contributed by atoms with Crippen molar-refractivity contribution in [1.82, 2.24) is 10.6 Å². The van der Waals surface area contributed by atoms with Crippen molar-refractivity contribution in [2.75, 3.05) is 13.1 Å². The lowest BCUT2D eigenvalue weighted by Gasteiger charge is -2.18. The molecule has 0 unspecified atom stereocenters. The second-order valence-electron chi connectivity index (χ2n) is 4.95. The van der Waals surface area contributed by atoms with Crippen LogP contribution in [0.2, 0.25) is 0 Å². The summed E-state index contributed by atoms with van der Waals surface area (Å²) in [6.07, 6.45) is 0.880. The molecule has 0 bridgehead atoms. The minimum atomic E-state index is -0.0997. The SMILES string of the molecule is CCNC(=O)NCCC(c1ccccc1)c1ccccc1. The zero-order chi connectivity index (χ0) is 14.9. The molecule has 2 N–H and O–H groups in total. The Hall–Kier alpha value is -2.29. The Bertz CT molecular complexity index is 500. The van der Waals surface area contributed by atoms with E-state index >= 15 is 0 Å². The largest absolute Gasteiger partial charge is 0.338 e. The smallest absolute Gasteiger partial charge is 0.314 e. The van der Waals surface area contributed by atoms with Gasteiger partial charge in [-0.05, 0) is 24.5 Å². The molecule has 0 aliphatic rings. The Morgan fingerprint density at radius 3 is 1.90 bits per heavy atom. The van der Waals surface area contributed by atoms with Crippen LogP contribution in [0.3, 0.4) is 0 Å². The van der Waals surface area contributed by atoms with Gasteiger partial charge in [0.1, 0.15) is 0 Å². The van der Waals surface area contributed by atoms with Gasteiger partial charge in [0.2, 0.25) is 0 Å². The summed E-state index contributed by atoms with van der Waals surface area (Å²) >= 11 is 0. The molecule has 2 rings (SSSR count). The molecule has 0 saturated carbocycles. The average Bonchev–Trinajstić information content (AvgIpc) is 2.53. The van der Waals surface area contributed by atoms with Gasteiger partial charge in [-0.2, -0.15) is 0 Å². The van der Waals surface area contributed by atoms with E-state index < -0.39 is 0 Å². The molecule has 0 aliphatic heterocycles. The van der Waals surface area contributed by atoms with Gasteiger partial charge >= 0.3 is 6.03 Å². The van der Waals surface area contributed by atoms with E-state index in [1.807, 2.05) is 19.1 Å². The summed E-state index contributed by atoms with van der Waals surface area (Å²) in [7, 11) is 0. The fraction of sp³-hybridized carbons (Fsp3) is 0.278. The number of hydrogen-bond donors (Lipinski definition) is 2. The molecule has 110 valence electrons. The van der Waals surface area contributed by atoms with Crippen molar-refractivity contribution in [2.24, 2.45) is 0 Å². The van der Waals surface area contributed by atoms with Crippen LogP contribution in [0, 0.1) is 0 Å². The Kier molecular flexibility index (Phi) is 5.83. The third-order valence-corrected chi connectivity index (χ3v) is 3.46. The predicted octanol–water partition coefficient (Wildman–Crippen LogP) is 3.53. The summed E-state index contributed by atoms with van der Waals surface area (Å²) in [5, 5.41) is 5.65. The van der Waals surface area contributed by atoms with Crippen LogP contribution in [-0.2, 0) is 0 Å². The van der Waals surface area contributed by atoms with Crippen molar-refractivity contribution in [1.29, 1.82) is 0 Å². The van der Waals surface area contributed by atoms with E-state index in [-0.39, 0.29) is 6.03 Å². The van der Waals surface area contributed by atoms with Gasteiger partial charge in [-0.3, -0.25) is 0 Å². The zero-order valence-corrected chi connectivity index (χ0v) is 12.4. The third kappa shape index (κ3) is 4.63. The molecule has 2 aromatic rings. The van der Waals surface area contributed by atoms with Crippen LogP contribution >= 0.6 is 0 Å². The molecule has 3 nitrogen and oxygen atoms in total.